The van der Waals surface area contributed by atoms with Gasteiger partial charge in [0.2, 0.25) is 0 Å². The second-order valence-corrected chi connectivity index (χ2v) is 8.44. The Balaban J connectivity index is 1.68. The third-order valence-corrected chi connectivity index (χ3v) is 4.90. The van der Waals surface area contributed by atoms with Crippen LogP contribution in [0.3, 0.4) is 0 Å². The van der Waals surface area contributed by atoms with E-state index in [1.165, 1.54) is 0 Å². The highest BCUT2D eigenvalue weighted by Gasteiger charge is 2.27. The van der Waals surface area contributed by atoms with Crippen molar-refractivity contribution in [1.82, 2.24) is 30.3 Å². The molecule has 9 nitrogen and oxygen atoms in total. The van der Waals surface area contributed by atoms with Crippen LogP contribution in [0.1, 0.15) is 52.8 Å². The Labute approximate surface area is 174 Å². The zero-order chi connectivity index (χ0) is 21.3. The van der Waals surface area contributed by atoms with E-state index in [1.807, 2.05) is 30.2 Å². The average Bonchev–Trinajstić information content (AvgIpc) is 3.13. The lowest BCUT2D eigenvalue weighted by atomic mass is 9.95. The average molecular weight is 408 g/mol. The van der Waals surface area contributed by atoms with E-state index in [0.717, 1.165) is 70.2 Å². The molecule has 0 spiro atoms. The van der Waals surface area contributed by atoms with Crippen molar-refractivity contribution >= 4 is 12.1 Å². The normalized spacial score (nSPS) is 17.9. The number of guanidine groups is 1. The van der Waals surface area contributed by atoms with Gasteiger partial charge < -0.3 is 24.8 Å². The SMILES string of the molecule is CCc1nncn1CCNC(=NC)NCCC1CCCN(C(=O)OC(C)(C)C)C1. The van der Waals surface area contributed by atoms with Crippen LogP contribution in [0, 0.1) is 5.92 Å². The quantitative estimate of drug-likeness (QED) is 0.530. The van der Waals surface area contributed by atoms with Crippen LogP contribution < -0.4 is 10.6 Å². The number of likely N-dealkylation sites (tertiary alicyclic amines) is 1. The van der Waals surface area contributed by atoms with E-state index in [-0.39, 0.29) is 6.09 Å². The number of rotatable bonds is 7. The molecule has 29 heavy (non-hydrogen) atoms. The van der Waals surface area contributed by atoms with Gasteiger partial charge in [-0.15, -0.1) is 10.2 Å². The molecule has 1 aromatic rings. The van der Waals surface area contributed by atoms with Crippen LogP contribution in [-0.2, 0) is 17.7 Å². The highest BCUT2D eigenvalue weighted by Crippen LogP contribution is 2.21. The molecule has 0 aromatic carbocycles. The first-order valence-electron chi connectivity index (χ1n) is 10.6. The Hall–Kier alpha value is -2.32. The molecular formula is C20H37N7O2. The number of aromatic nitrogens is 3. The molecule has 1 aromatic heterocycles. The monoisotopic (exact) mass is 407 g/mol. The first-order chi connectivity index (χ1) is 13.8. The third kappa shape index (κ3) is 7.91. The van der Waals surface area contributed by atoms with Crippen LogP contribution in [-0.4, -0.2) is 70.5 Å². The summed E-state index contributed by atoms with van der Waals surface area (Å²) in [6, 6.07) is 0. The lowest BCUT2D eigenvalue weighted by molar-refractivity contribution is 0.0162. The Morgan fingerprint density at radius 3 is 2.79 bits per heavy atom. The van der Waals surface area contributed by atoms with Crippen molar-refractivity contribution in [1.29, 1.82) is 0 Å². The smallest absolute Gasteiger partial charge is 0.410 e. The molecule has 0 radical (unpaired) electrons. The summed E-state index contributed by atoms with van der Waals surface area (Å²) in [5, 5.41) is 14.7. The van der Waals surface area contributed by atoms with Crippen LogP contribution in [0.25, 0.3) is 0 Å². The van der Waals surface area contributed by atoms with E-state index in [2.05, 4.69) is 32.7 Å². The van der Waals surface area contributed by atoms with Gasteiger partial charge in [0.1, 0.15) is 17.8 Å². The number of carbonyl (C=O) groups is 1. The minimum Gasteiger partial charge on any atom is -0.444 e. The molecule has 9 heteroatoms. The van der Waals surface area contributed by atoms with Gasteiger partial charge in [-0.2, -0.15) is 0 Å². The first-order valence-corrected chi connectivity index (χ1v) is 10.6. The van der Waals surface area contributed by atoms with Crippen LogP contribution in [0.4, 0.5) is 4.79 Å². The summed E-state index contributed by atoms with van der Waals surface area (Å²) in [4.78, 5) is 18.4. The highest BCUT2D eigenvalue weighted by atomic mass is 16.6. The summed E-state index contributed by atoms with van der Waals surface area (Å²) in [6.45, 7) is 11.7. The molecule has 1 aliphatic heterocycles. The van der Waals surface area contributed by atoms with Gasteiger partial charge in [0.25, 0.3) is 0 Å². The predicted molar refractivity (Wildman–Crippen MR) is 114 cm³/mol. The lowest BCUT2D eigenvalue weighted by Crippen LogP contribution is -2.44. The van der Waals surface area contributed by atoms with Crippen molar-refractivity contribution < 1.29 is 9.53 Å². The second-order valence-electron chi connectivity index (χ2n) is 8.44. The highest BCUT2D eigenvalue weighted by molar-refractivity contribution is 5.79. The fourth-order valence-electron chi connectivity index (χ4n) is 3.44. The summed E-state index contributed by atoms with van der Waals surface area (Å²) in [7, 11) is 1.77. The topological polar surface area (TPSA) is 96.7 Å². The standard InChI is InChI=1S/C20H37N7O2/c1-6-17-25-24-15-27(17)13-11-23-18(21-5)22-10-9-16-8-7-12-26(14-16)19(28)29-20(2,3)4/h15-16H,6-14H2,1-5H3,(H2,21,22,23). The van der Waals surface area contributed by atoms with Gasteiger partial charge in [0, 0.05) is 46.2 Å². The summed E-state index contributed by atoms with van der Waals surface area (Å²) in [5.74, 6) is 2.25. The van der Waals surface area contributed by atoms with Crippen LogP contribution in [0.2, 0.25) is 0 Å². The van der Waals surface area contributed by atoms with Gasteiger partial charge in [-0.1, -0.05) is 6.92 Å². The van der Waals surface area contributed by atoms with E-state index in [4.69, 9.17) is 4.74 Å². The van der Waals surface area contributed by atoms with Crippen LogP contribution in [0.15, 0.2) is 11.3 Å². The zero-order valence-electron chi connectivity index (χ0n) is 18.6. The zero-order valence-corrected chi connectivity index (χ0v) is 18.6. The van der Waals surface area contributed by atoms with E-state index in [0.29, 0.717) is 5.92 Å². The summed E-state index contributed by atoms with van der Waals surface area (Å²) >= 11 is 0. The molecule has 164 valence electrons. The minimum atomic E-state index is -0.450. The van der Waals surface area contributed by atoms with E-state index < -0.39 is 5.60 Å². The Kier molecular flexibility index (Phi) is 8.72. The number of nitrogens with zero attached hydrogens (tertiary/aromatic N) is 5. The number of hydrogen-bond acceptors (Lipinski definition) is 5. The Morgan fingerprint density at radius 1 is 1.34 bits per heavy atom. The summed E-state index contributed by atoms with van der Waals surface area (Å²) in [6.07, 6.45) is 5.58. The molecule has 1 fully saturated rings. The molecule has 0 saturated carbocycles. The van der Waals surface area contributed by atoms with Crippen molar-refractivity contribution in [2.75, 3.05) is 33.2 Å². The Bertz CT molecular complexity index is 666. The van der Waals surface area contributed by atoms with Gasteiger partial charge in [-0.3, -0.25) is 4.99 Å². The number of hydrogen-bond donors (Lipinski definition) is 2. The van der Waals surface area contributed by atoms with Crippen LogP contribution >= 0.6 is 0 Å². The van der Waals surface area contributed by atoms with Crippen molar-refractivity contribution in [3.8, 4) is 0 Å². The molecule has 0 aliphatic carbocycles. The maximum atomic E-state index is 12.3. The van der Waals surface area contributed by atoms with Crippen molar-refractivity contribution in [3.63, 3.8) is 0 Å². The molecular weight excluding hydrogens is 370 g/mol. The van der Waals surface area contributed by atoms with Crippen LogP contribution in [0.5, 0.6) is 0 Å². The number of aliphatic imine (C=N–C) groups is 1. The van der Waals surface area contributed by atoms with Gasteiger partial charge in [-0.05, 0) is 46.0 Å². The molecule has 0 bridgehead atoms. The van der Waals surface area contributed by atoms with E-state index in [9.17, 15) is 4.79 Å². The van der Waals surface area contributed by atoms with Crippen molar-refractivity contribution in [2.45, 2.75) is 65.5 Å². The predicted octanol–water partition coefficient (Wildman–Crippen LogP) is 2.04. The number of nitrogens with one attached hydrogen (secondary N) is 2. The molecule has 1 saturated heterocycles. The molecule has 2 heterocycles. The second kappa shape index (κ2) is 11.0. The molecule has 1 unspecified atom stereocenters. The molecule has 2 rings (SSSR count). The number of amides is 1. The molecule has 1 atom stereocenters. The first kappa shape index (κ1) is 23.0. The van der Waals surface area contributed by atoms with Gasteiger partial charge >= 0.3 is 6.09 Å². The number of piperidine rings is 1. The van der Waals surface area contributed by atoms with Gasteiger partial charge in [-0.25, -0.2) is 4.79 Å². The van der Waals surface area contributed by atoms with Crippen molar-refractivity contribution in [3.05, 3.63) is 12.2 Å². The maximum absolute atomic E-state index is 12.3. The minimum absolute atomic E-state index is 0.201. The maximum Gasteiger partial charge on any atom is 0.410 e. The summed E-state index contributed by atoms with van der Waals surface area (Å²) in [5.41, 5.74) is -0.450. The summed E-state index contributed by atoms with van der Waals surface area (Å²) < 4.78 is 7.56. The lowest BCUT2D eigenvalue weighted by Gasteiger charge is -2.34. The third-order valence-electron chi connectivity index (χ3n) is 4.90. The molecule has 1 amide bonds. The van der Waals surface area contributed by atoms with E-state index >= 15 is 0 Å². The number of ether oxygens (including phenoxy) is 1. The fourth-order valence-corrected chi connectivity index (χ4v) is 3.44. The van der Waals surface area contributed by atoms with Gasteiger partial charge in [0.15, 0.2) is 5.96 Å². The van der Waals surface area contributed by atoms with E-state index in [1.54, 1.807) is 13.4 Å². The largest absolute Gasteiger partial charge is 0.444 e. The fraction of sp³-hybridized carbons (Fsp3) is 0.800. The number of carbonyl (C=O) groups excluding carboxylic acids is 1. The molecule has 1 aliphatic rings. The molecule has 2 N–H and O–H groups in total. The van der Waals surface area contributed by atoms with Gasteiger partial charge in [0.05, 0.1) is 0 Å². The Morgan fingerprint density at radius 2 is 2.10 bits per heavy atom. The van der Waals surface area contributed by atoms with Crippen molar-refractivity contribution in [2.24, 2.45) is 10.9 Å². The number of aryl methyl sites for hydroxylation is 1.